The van der Waals surface area contributed by atoms with E-state index in [4.69, 9.17) is 0 Å². The minimum Gasteiger partial charge on any atom is -0.203 e. The van der Waals surface area contributed by atoms with Gasteiger partial charge < -0.3 is 0 Å². The van der Waals surface area contributed by atoms with Gasteiger partial charge in [0.25, 0.3) is 0 Å². The van der Waals surface area contributed by atoms with Crippen molar-refractivity contribution in [3.05, 3.63) is 59.2 Å². The molecule has 2 heteroatoms. The first-order chi connectivity index (χ1) is 11.6. The molecule has 0 aromatic heterocycles. The lowest BCUT2D eigenvalue weighted by Crippen LogP contribution is -2.13. The number of hydrogen-bond acceptors (Lipinski definition) is 0. The summed E-state index contributed by atoms with van der Waals surface area (Å²) in [5.74, 6) is 0.0237. The van der Waals surface area contributed by atoms with Crippen LogP contribution in [-0.2, 0) is 0 Å². The Balaban J connectivity index is 0.00000169. The monoisotopic (exact) mass is 346 g/mol. The van der Waals surface area contributed by atoms with E-state index >= 15 is 0 Å². The third-order valence-electron chi connectivity index (χ3n) is 5.51. The molecule has 1 aliphatic rings. The van der Waals surface area contributed by atoms with E-state index in [-0.39, 0.29) is 8.85 Å². The molecule has 138 valence electrons. The van der Waals surface area contributed by atoms with Gasteiger partial charge in [-0.2, -0.15) is 0 Å². The molecule has 2 aromatic carbocycles. The number of benzene rings is 2. The largest absolute Gasteiger partial charge is 0.203 e. The predicted molar refractivity (Wildman–Crippen MR) is 105 cm³/mol. The molecule has 0 aliphatic heterocycles. The second kappa shape index (κ2) is 8.60. The highest BCUT2D eigenvalue weighted by Crippen LogP contribution is 2.38. The number of halogens is 2. The van der Waals surface area contributed by atoms with E-state index in [0.717, 1.165) is 11.5 Å². The van der Waals surface area contributed by atoms with Crippen molar-refractivity contribution < 1.29 is 10.2 Å². The van der Waals surface area contributed by atoms with Crippen molar-refractivity contribution >= 4 is 0 Å². The summed E-state index contributed by atoms with van der Waals surface area (Å²) in [7, 11) is 0. The van der Waals surface area contributed by atoms with Crippen LogP contribution in [0.5, 0.6) is 0 Å². The summed E-state index contributed by atoms with van der Waals surface area (Å²) in [6.07, 6.45) is 7.76. The summed E-state index contributed by atoms with van der Waals surface area (Å²) in [5.41, 5.74) is 2.77. The zero-order valence-electron chi connectivity index (χ0n) is 14.6. The summed E-state index contributed by atoms with van der Waals surface area (Å²) in [6, 6.07) is 11.4. The van der Waals surface area contributed by atoms with E-state index in [9.17, 15) is 8.78 Å². The van der Waals surface area contributed by atoms with Crippen LogP contribution in [0.2, 0.25) is 0 Å². The fourth-order valence-corrected chi connectivity index (χ4v) is 4.00. The highest BCUT2D eigenvalue weighted by Gasteiger charge is 2.22. The molecular weight excluding hydrogens is 314 g/mol. The third-order valence-corrected chi connectivity index (χ3v) is 5.51. The van der Waals surface area contributed by atoms with Crippen LogP contribution in [0.1, 0.15) is 71.3 Å². The topological polar surface area (TPSA) is 0 Å². The van der Waals surface area contributed by atoms with Crippen molar-refractivity contribution in [1.29, 1.82) is 0 Å². The Morgan fingerprint density at radius 1 is 0.920 bits per heavy atom. The zero-order chi connectivity index (χ0) is 17.1. The lowest BCUT2D eigenvalue weighted by Gasteiger charge is -2.28. The Bertz CT molecular complexity index is 686. The lowest BCUT2D eigenvalue weighted by molar-refractivity contribution is 0.308. The molecule has 0 unspecified atom stereocenters. The van der Waals surface area contributed by atoms with Crippen molar-refractivity contribution in [1.82, 2.24) is 0 Å². The Hall–Kier alpha value is -1.70. The van der Waals surface area contributed by atoms with E-state index in [1.165, 1.54) is 44.1 Å². The van der Waals surface area contributed by atoms with E-state index in [1.54, 1.807) is 19.1 Å². The summed E-state index contributed by atoms with van der Waals surface area (Å²) < 4.78 is 27.9. The van der Waals surface area contributed by atoms with Gasteiger partial charge in [0, 0.05) is 6.99 Å². The highest BCUT2D eigenvalue weighted by atomic mass is 19.2. The van der Waals surface area contributed by atoms with Gasteiger partial charge in [0.1, 0.15) is 0 Å². The van der Waals surface area contributed by atoms with Crippen LogP contribution in [0.15, 0.2) is 36.4 Å². The molecule has 0 spiro atoms. The molecule has 25 heavy (non-hydrogen) atoms. The van der Waals surface area contributed by atoms with E-state index in [1.807, 2.05) is 12.1 Å². The van der Waals surface area contributed by atoms with Gasteiger partial charge in [0.15, 0.2) is 11.6 Å². The van der Waals surface area contributed by atoms with Crippen LogP contribution >= 0.6 is 0 Å². The molecule has 1 saturated carbocycles. The summed E-state index contributed by atoms with van der Waals surface area (Å²) in [4.78, 5) is 0. The molecule has 0 bridgehead atoms. The molecule has 0 heterocycles. The van der Waals surface area contributed by atoms with Gasteiger partial charge in [-0.25, -0.2) is 8.78 Å². The summed E-state index contributed by atoms with van der Waals surface area (Å²) >= 11 is 0. The zero-order valence-corrected chi connectivity index (χ0v) is 14.6. The maximum absolute atomic E-state index is 14.1. The van der Waals surface area contributed by atoms with Crippen LogP contribution in [0.4, 0.5) is 8.78 Å². The number of hydrogen-bond donors (Lipinski definition) is 0. The quantitative estimate of drug-likeness (QED) is 0.528. The SMILES string of the molecule is C.CCCC1CCC(c2ccc(-c3ccc(C)c(F)c3F)cc2)CC1.[HH]. The van der Waals surface area contributed by atoms with Crippen LogP contribution in [0, 0.1) is 24.5 Å². The predicted octanol–water partition coefficient (Wildman–Crippen LogP) is 7.90. The molecule has 0 N–H and O–H groups in total. The van der Waals surface area contributed by atoms with Crippen LogP contribution in [-0.4, -0.2) is 0 Å². The lowest BCUT2D eigenvalue weighted by atomic mass is 9.77. The molecule has 3 rings (SSSR count). The van der Waals surface area contributed by atoms with Crippen LogP contribution in [0.3, 0.4) is 0 Å². The molecule has 0 atom stereocenters. The minimum absolute atomic E-state index is 0. The van der Waals surface area contributed by atoms with Gasteiger partial charge >= 0.3 is 0 Å². The first-order valence-corrected chi connectivity index (χ1v) is 9.15. The van der Waals surface area contributed by atoms with Crippen LogP contribution < -0.4 is 0 Å². The van der Waals surface area contributed by atoms with E-state index in [0.29, 0.717) is 17.0 Å². The van der Waals surface area contributed by atoms with Gasteiger partial charge in [-0.1, -0.05) is 63.6 Å². The average molecular weight is 347 g/mol. The number of aryl methyl sites for hydroxylation is 1. The maximum atomic E-state index is 14.1. The van der Waals surface area contributed by atoms with Crippen molar-refractivity contribution in [3.8, 4) is 11.1 Å². The highest BCUT2D eigenvalue weighted by molar-refractivity contribution is 5.65. The molecule has 0 nitrogen and oxygen atoms in total. The molecule has 0 saturated heterocycles. The van der Waals surface area contributed by atoms with Gasteiger partial charge in [-0.05, 0) is 61.1 Å². The maximum Gasteiger partial charge on any atom is 0.166 e. The summed E-state index contributed by atoms with van der Waals surface area (Å²) in [6.45, 7) is 3.85. The number of rotatable bonds is 4. The molecule has 0 radical (unpaired) electrons. The van der Waals surface area contributed by atoms with Crippen molar-refractivity contribution in [2.24, 2.45) is 5.92 Å². The first-order valence-electron chi connectivity index (χ1n) is 9.15. The van der Waals surface area contributed by atoms with Crippen molar-refractivity contribution in [3.63, 3.8) is 0 Å². The molecular formula is C23H32F2. The average Bonchev–Trinajstić information content (AvgIpc) is 2.61. The smallest absolute Gasteiger partial charge is 0.166 e. The standard InChI is InChI=1S/C22H26F2.CH4.H2/c1-3-4-16-6-8-17(9-7-16)18-10-12-19(13-11-18)20-14-5-15(2)21(23)22(20)24;;/h5,10-14,16-17H,3-4,6-9H2,1-2H3;1H4;1H. The first kappa shape index (κ1) is 19.6. The molecule has 1 aliphatic carbocycles. The van der Waals surface area contributed by atoms with Crippen LogP contribution in [0.25, 0.3) is 11.1 Å². The minimum atomic E-state index is -0.747. The van der Waals surface area contributed by atoms with Gasteiger partial charge in [0.2, 0.25) is 0 Å². The second-order valence-corrected chi connectivity index (χ2v) is 7.19. The third kappa shape index (κ3) is 4.29. The fourth-order valence-electron chi connectivity index (χ4n) is 4.00. The van der Waals surface area contributed by atoms with Crippen molar-refractivity contribution in [2.45, 2.75) is 65.7 Å². The Morgan fingerprint density at radius 2 is 1.56 bits per heavy atom. The van der Waals surface area contributed by atoms with Gasteiger partial charge in [-0.15, -0.1) is 0 Å². The Kier molecular flexibility index (Phi) is 6.75. The molecule has 0 amide bonds. The van der Waals surface area contributed by atoms with Crippen molar-refractivity contribution in [2.75, 3.05) is 0 Å². The normalized spacial score (nSPS) is 20.2. The van der Waals surface area contributed by atoms with Gasteiger partial charge in [0.05, 0.1) is 0 Å². The van der Waals surface area contributed by atoms with E-state index in [2.05, 4.69) is 19.1 Å². The fraction of sp³-hybridized carbons (Fsp3) is 0.478. The molecule has 1 fully saturated rings. The second-order valence-electron chi connectivity index (χ2n) is 7.19. The van der Waals surface area contributed by atoms with Gasteiger partial charge in [-0.3, -0.25) is 0 Å². The Labute approximate surface area is 152 Å². The van der Waals surface area contributed by atoms with E-state index < -0.39 is 11.6 Å². The molecule has 2 aromatic rings. The summed E-state index contributed by atoms with van der Waals surface area (Å²) in [5, 5.41) is 0. The Morgan fingerprint density at radius 3 is 2.16 bits per heavy atom.